The van der Waals surface area contributed by atoms with Crippen molar-refractivity contribution >= 4 is 5.91 Å². The largest absolute Gasteiger partial charge is 0.493 e. The Morgan fingerprint density at radius 2 is 1.43 bits per heavy atom. The zero-order valence-electron chi connectivity index (χ0n) is 25.3. The highest BCUT2D eigenvalue weighted by Gasteiger charge is 1.99. The normalized spacial score (nSPS) is 12.7. The first-order valence-electron chi connectivity index (χ1n) is 15.5. The molecule has 0 aliphatic carbocycles. The predicted octanol–water partition coefficient (Wildman–Crippen LogP) is 10.1. The second-order valence-corrected chi connectivity index (χ2v) is 10.0. The fourth-order valence-corrected chi connectivity index (χ4v) is 4.07. The summed E-state index contributed by atoms with van der Waals surface area (Å²) in [6.07, 6.45) is 41.0. The number of nitroso groups, excluding NO2 is 1. The summed E-state index contributed by atoms with van der Waals surface area (Å²) >= 11 is 0. The lowest BCUT2D eigenvalue weighted by atomic mass is 10.0. The molecule has 0 aromatic carbocycles. The minimum atomic E-state index is -0.513. The van der Waals surface area contributed by atoms with Crippen LogP contribution in [0.3, 0.4) is 0 Å². The van der Waals surface area contributed by atoms with Gasteiger partial charge in [0.05, 0.1) is 13.2 Å². The number of methoxy groups -OCH3 is 1. The molecule has 1 N–H and O–H groups in total. The summed E-state index contributed by atoms with van der Waals surface area (Å²) < 4.78 is 5.28. The minimum Gasteiger partial charge on any atom is -0.493 e. The van der Waals surface area contributed by atoms with Crippen LogP contribution in [0, 0.1) is 4.91 Å². The van der Waals surface area contributed by atoms with Gasteiger partial charge in [-0.25, -0.2) is 0 Å². The molecule has 0 spiro atoms. The highest BCUT2D eigenvalue weighted by Crippen LogP contribution is 2.13. The summed E-state index contributed by atoms with van der Waals surface area (Å²) in [6, 6.07) is 0. The topological polar surface area (TPSA) is 76.0 Å². The van der Waals surface area contributed by atoms with Crippen molar-refractivity contribution < 1.29 is 14.6 Å². The third-order valence-electron chi connectivity index (χ3n) is 6.44. The average Bonchev–Trinajstić information content (AvgIpc) is 2.96. The Morgan fingerprint density at radius 3 is 2.05 bits per heavy atom. The number of amides is 1. The summed E-state index contributed by atoms with van der Waals surface area (Å²) in [5.74, 6) is 0.281. The van der Waals surface area contributed by atoms with Gasteiger partial charge in [-0.05, 0) is 44.6 Å². The number of hydrogen-bond acceptors (Lipinski definition) is 4. The van der Waals surface area contributed by atoms with Crippen LogP contribution in [0.4, 0.5) is 0 Å². The smallest absolute Gasteiger partial charge is 0.286 e. The highest BCUT2D eigenvalue weighted by molar-refractivity contribution is 5.76. The van der Waals surface area contributed by atoms with E-state index in [9.17, 15) is 14.8 Å². The molecule has 0 aromatic heterocycles. The number of unbranched alkanes of at least 4 members (excludes halogenated alkanes) is 12. The lowest BCUT2D eigenvalue weighted by Gasteiger charge is -2.02. The van der Waals surface area contributed by atoms with E-state index in [-0.39, 0.29) is 0 Å². The van der Waals surface area contributed by atoms with E-state index in [1.807, 2.05) is 30.4 Å². The molecule has 40 heavy (non-hydrogen) atoms. The van der Waals surface area contributed by atoms with Gasteiger partial charge >= 0.3 is 0 Å². The van der Waals surface area contributed by atoms with Gasteiger partial charge in [-0.2, -0.15) is 0 Å². The zero-order valence-corrected chi connectivity index (χ0v) is 25.3. The van der Waals surface area contributed by atoms with E-state index >= 15 is 0 Å². The van der Waals surface area contributed by atoms with Crippen molar-refractivity contribution in [2.75, 3.05) is 7.11 Å². The van der Waals surface area contributed by atoms with E-state index in [4.69, 9.17) is 4.74 Å². The maximum atomic E-state index is 10.8. The van der Waals surface area contributed by atoms with Gasteiger partial charge in [0.2, 0.25) is 0 Å². The molecule has 0 aliphatic rings. The zero-order chi connectivity index (χ0) is 29.4. The van der Waals surface area contributed by atoms with Gasteiger partial charge in [0.25, 0.3) is 5.91 Å². The number of ether oxygens (including phenoxy) is 1. The Morgan fingerprint density at radius 1 is 0.800 bits per heavy atom. The Hall–Kier alpha value is -2.75. The SMILES string of the molecule is CC/C=C\CC(=C=C/C=C/C=C/[C@H](O)C/C=C\C/C=C\CCCCCCCCCCCCCCC(=O)N=O)OC. The van der Waals surface area contributed by atoms with Crippen molar-refractivity contribution in [1.82, 2.24) is 0 Å². The quantitative estimate of drug-likeness (QED) is 0.0289. The Bertz CT molecular complexity index is 828. The fourth-order valence-electron chi connectivity index (χ4n) is 4.07. The maximum Gasteiger partial charge on any atom is 0.286 e. The number of nitrogens with zero attached hydrogens (tertiary/aromatic N) is 1. The molecule has 0 heterocycles. The first-order chi connectivity index (χ1) is 19.6. The molecule has 0 radical (unpaired) electrons. The van der Waals surface area contributed by atoms with Crippen LogP contribution in [0.1, 0.15) is 122 Å². The van der Waals surface area contributed by atoms with Gasteiger partial charge in [-0.3, -0.25) is 4.79 Å². The Kier molecular flexibility index (Phi) is 28.7. The summed E-state index contributed by atoms with van der Waals surface area (Å²) in [5.41, 5.74) is 3.11. The van der Waals surface area contributed by atoms with E-state index in [1.54, 1.807) is 13.2 Å². The van der Waals surface area contributed by atoms with Crippen molar-refractivity contribution in [2.24, 2.45) is 5.18 Å². The molecule has 0 unspecified atom stereocenters. The number of hydrogen-bond donors (Lipinski definition) is 1. The van der Waals surface area contributed by atoms with E-state index in [0.29, 0.717) is 12.8 Å². The monoisotopic (exact) mass is 553 g/mol. The molecule has 1 atom stereocenters. The van der Waals surface area contributed by atoms with Crippen LogP contribution in [0.15, 0.2) is 83.5 Å². The molecule has 0 bridgehead atoms. The predicted molar refractivity (Wildman–Crippen MR) is 170 cm³/mol. The molecule has 0 rings (SSSR count). The van der Waals surface area contributed by atoms with Crippen molar-refractivity contribution in [3.8, 4) is 0 Å². The Labute approximate surface area is 244 Å². The number of carbonyl (C=O) groups is 1. The molecule has 0 saturated heterocycles. The minimum absolute atomic E-state index is 0.310. The number of aliphatic hydroxyl groups is 1. The van der Waals surface area contributed by atoms with Crippen LogP contribution in [0.2, 0.25) is 0 Å². The molecule has 0 aromatic rings. The average molecular weight is 554 g/mol. The van der Waals surface area contributed by atoms with Crippen LogP contribution in [-0.4, -0.2) is 24.2 Å². The third kappa shape index (κ3) is 28.3. The molecular formula is C35H55NO4. The van der Waals surface area contributed by atoms with E-state index in [2.05, 4.69) is 48.2 Å². The lowest BCUT2D eigenvalue weighted by Crippen LogP contribution is -1.98. The molecule has 0 saturated carbocycles. The van der Waals surface area contributed by atoms with E-state index in [0.717, 1.165) is 50.7 Å². The molecule has 224 valence electrons. The number of carbonyl (C=O) groups excluding carboxylic acids is 1. The van der Waals surface area contributed by atoms with Crippen LogP contribution < -0.4 is 0 Å². The first kappa shape index (κ1) is 37.2. The molecule has 5 heteroatoms. The molecule has 0 fully saturated rings. The lowest BCUT2D eigenvalue weighted by molar-refractivity contribution is -0.118. The van der Waals surface area contributed by atoms with Crippen LogP contribution in [0.5, 0.6) is 0 Å². The van der Waals surface area contributed by atoms with Gasteiger partial charge in [0.1, 0.15) is 5.76 Å². The molecule has 5 nitrogen and oxygen atoms in total. The van der Waals surface area contributed by atoms with Crippen molar-refractivity contribution in [3.63, 3.8) is 0 Å². The van der Waals surface area contributed by atoms with Crippen molar-refractivity contribution in [2.45, 2.75) is 129 Å². The number of rotatable bonds is 26. The standard InChI is InChI=1S/C35H55NO4/c1-3-4-23-30-34(40-2)31-26-22-21-25-29-33(37)28-24-19-17-15-13-11-9-7-5-6-8-10-12-14-16-18-20-27-32-35(38)36-39/h4,13,15,19,21-26,29,33,37H,3,5-12,14,16-18,20,27-28,30,32H2,1-2H3/b15-13-,22-21+,23-4-,24-19-,29-25+/t31?,33-/m1/s1. The molecule has 0 aliphatic heterocycles. The van der Waals surface area contributed by atoms with Gasteiger partial charge in [-0.1, -0.05) is 138 Å². The maximum absolute atomic E-state index is 10.8. The van der Waals surface area contributed by atoms with Gasteiger partial charge in [-0.15, -0.1) is 4.91 Å². The number of allylic oxidation sites excluding steroid dienone is 8. The van der Waals surface area contributed by atoms with Crippen molar-refractivity contribution in [1.29, 1.82) is 0 Å². The van der Waals surface area contributed by atoms with Crippen LogP contribution in [-0.2, 0) is 9.53 Å². The van der Waals surface area contributed by atoms with Gasteiger partial charge < -0.3 is 9.84 Å². The second-order valence-electron chi connectivity index (χ2n) is 10.0. The Balaban J connectivity index is 3.64. The van der Waals surface area contributed by atoms with Gasteiger partial charge in [0.15, 0.2) is 0 Å². The molecule has 1 amide bonds. The van der Waals surface area contributed by atoms with Gasteiger partial charge in [0, 0.05) is 18.0 Å². The summed E-state index contributed by atoms with van der Waals surface area (Å²) in [6.45, 7) is 2.10. The summed E-state index contributed by atoms with van der Waals surface area (Å²) in [4.78, 5) is 20.8. The fraction of sp³-hybridized carbons (Fsp3) is 0.600. The highest BCUT2D eigenvalue weighted by atomic mass is 16.5. The first-order valence-corrected chi connectivity index (χ1v) is 15.5. The summed E-state index contributed by atoms with van der Waals surface area (Å²) in [5, 5.41) is 12.5. The van der Waals surface area contributed by atoms with Crippen LogP contribution >= 0.6 is 0 Å². The van der Waals surface area contributed by atoms with E-state index < -0.39 is 12.0 Å². The second kappa shape index (κ2) is 30.8. The third-order valence-corrected chi connectivity index (χ3v) is 6.44. The van der Waals surface area contributed by atoms with Crippen LogP contribution in [0.25, 0.3) is 0 Å². The molecular weight excluding hydrogens is 498 g/mol. The van der Waals surface area contributed by atoms with Crippen molar-refractivity contribution in [3.05, 3.63) is 83.2 Å². The number of aliphatic hydroxyl groups excluding tert-OH is 1. The summed E-state index contributed by atoms with van der Waals surface area (Å²) in [7, 11) is 1.66. The van der Waals surface area contributed by atoms with E-state index in [1.165, 1.54) is 57.8 Å².